The van der Waals surface area contributed by atoms with Gasteiger partial charge in [0.1, 0.15) is 6.07 Å². The number of nitrogens with zero attached hydrogens (tertiary/aromatic N) is 2. The van der Waals surface area contributed by atoms with Gasteiger partial charge in [0.2, 0.25) is 0 Å². The first-order valence-corrected chi connectivity index (χ1v) is 6.17. The van der Waals surface area contributed by atoms with E-state index in [4.69, 9.17) is 22.0 Å². The summed E-state index contributed by atoms with van der Waals surface area (Å²) in [6, 6.07) is 7.18. The average molecular weight is 265 g/mol. The zero-order valence-electron chi connectivity index (χ0n) is 9.77. The molecule has 1 unspecified atom stereocenters. The molecule has 1 aliphatic heterocycles. The number of benzene rings is 1. The fraction of sp³-hybridized carbons (Fsp3) is 0.385. The van der Waals surface area contributed by atoms with Crippen LogP contribution in [0.1, 0.15) is 18.4 Å². The van der Waals surface area contributed by atoms with Crippen LogP contribution in [0, 0.1) is 17.2 Å². The Morgan fingerprint density at radius 2 is 2.33 bits per heavy atom. The zero-order chi connectivity index (χ0) is 13.1. The smallest absolute Gasteiger partial charge is 0.308 e. The van der Waals surface area contributed by atoms with E-state index in [1.54, 1.807) is 18.2 Å². The van der Waals surface area contributed by atoms with E-state index in [2.05, 4.69) is 6.07 Å². The summed E-state index contributed by atoms with van der Waals surface area (Å²) in [5, 5.41) is 18.7. The molecule has 1 aliphatic rings. The van der Waals surface area contributed by atoms with Gasteiger partial charge in [-0.2, -0.15) is 5.26 Å². The van der Waals surface area contributed by atoms with Gasteiger partial charge in [-0.05, 0) is 31.0 Å². The van der Waals surface area contributed by atoms with Crippen molar-refractivity contribution in [3.8, 4) is 6.07 Å². The molecule has 1 atom stereocenters. The van der Waals surface area contributed by atoms with Crippen molar-refractivity contribution in [1.82, 2.24) is 0 Å². The number of anilines is 1. The Hall–Kier alpha value is -1.73. The van der Waals surface area contributed by atoms with E-state index in [0.717, 1.165) is 18.7 Å². The monoisotopic (exact) mass is 264 g/mol. The highest BCUT2D eigenvalue weighted by Gasteiger charge is 2.26. The molecule has 1 aromatic rings. The van der Waals surface area contributed by atoms with Crippen LogP contribution in [0.25, 0.3) is 0 Å². The number of nitriles is 1. The minimum Gasteiger partial charge on any atom is -0.481 e. The molecule has 0 spiro atoms. The summed E-state index contributed by atoms with van der Waals surface area (Å²) in [5.41, 5.74) is 1.27. The van der Waals surface area contributed by atoms with E-state index in [1.165, 1.54) is 0 Å². The summed E-state index contributed by atoms with van der Waals surface area (Å²) in [7, 11) is 0. The molecule has 0 radical (unpaired) electrons. The van der Waals surface area contributed by atoms with Crippen molar-refractivity contribution in [1.29, 1.82) is 5.26 Å². The fourth-order valence-electron chi connectivity index (χ4n) is 2.26. The number of carboxylic acids is 1. The summed E-state index contributed by atoms with van der Waals surface area (Å²) in [4.78, 5) is 13.0. The van der Waals surface area contributed by atoms with Crippen molar-refractivity contribution >= 4 is 23.3 Å². The van der Waals surface area contributed by atoms with Gasteiger partial charge in [-0.3, -0.25) is 4.79 Å². The summed E-state index contributed by atoms with van der Waals surface area (Å²) in [6.07, 6.45) is 1.50. The maximum absolute atomic E-state index is 11.0. The minimum absolute atomic E-state index is 0.371. The van der Waals surface area contributed by atoms with Crippen molar-refractivity contribution in [3.05, 3.63) is 28.8 Å². The second-order valence-electron chi connectivity index (χ2n) is 4.40. The lowest BCUT2D eigenvalue weighted by atomic mass is 9.97. The van der Waals surface area contributed by atoms with Gasteiger partial charge in [0, 0.05) is 18.1 Å². The zero-order valence-corrected chi connectivity index (χ0v) is 10.5. The van der Waals surface area contributed by atoms with Gasteiger partial charge in [-0.25, -0.2) is 0 Å². The Morgan fingerprint density at radius 3 is 3.00 bits per heavy atom. The van der Waals surface area contributed by atoms with Crippen molar-refractivity contribution in [2.45, 2.75) is 12.8 Å². The predicted octanol–water partition coefficient (Wildman–Crippen LogP) is 2.51. The maximum Gasteiger partial charge on any atom is 0.308 e. The van der Waals surface area contributed by atoms with Gasteiger partial charge in [-0.15, -0.1) is 0 Å². The van der Waals surface area contributed by atoms with E-state index >= 15 is 0 Å². The molecule has 2 rings (SSSR count). The lowest BCUT2D eigenvalue weighted by Crippen LogP contribution is -2.39. The predicted molar refractivity (Wildman–Crippen MR) is 68.7 cm³/mol. The van der Waals surface area contributed by atoms with E-state index in [9.17, 15) is 4.79 Å². The molecule has 1 aromatic carbocycles. The van der Waals surface area contributed by atoms with Crippen molar-refractivity contribution in [3.63, 3.8) is 0 Å². The van der Waals surface area contributed by atoms with Crippen LogP contribution >= 0.6 is 11.6 Å². The molecule has 4 nitrogen and oxygen atoms in total. The Bertz CT molecular complexity index is 510. The molecule has 0 saturated carbocycles. The Labute approximate surface area is 110 Å². The van der Waals surface area contributed by atoms with Gasteiger partial charge in [0.15, 0.2) is 0 Å². The van der Waals surface area contributed by atoms with E-state index in [-0.39, 0.29) is 5.92 Å². The first-order chi connectivity index (χ1) is 8.61. The first-order valence-electron chi connectivity index (χ1n) is 5.79. The van der Waals surface area contributed by atoms with Gasteiger partial charge in [-0.1, -0.05) is 11.6 Å². The highest BCUT2D eigenvalue weighted by atomic mass is 35.5. The third-order valence-corrected chi connectivity index (χ3v) is 3.43. The number of hydrogen-bond donors (Lipinski definition) is 1. The second kappa shape index (κ2) is 5.28. The van der Waals surface area contributed by atoms with E-state index < -0.39 is 5.97 Å². The minimum atomic E-state index is -0.778. The molecule has 0 aromatic heterocycles. The van der Waals surface area contributed by atoms with Crippen molar-refractivity contribution in [2.75, 3.05) is 18.0 Å². The van der Waals surface area contributed by atoms with E-state index in [0.29, 0.717) is 23.6 Å². The summed E-state index contributed by atoms with van der Waals surface area (Å²) in [5.74, 6) is -1.15. The van der Waals surface area contributed by atoms with Crippen LogP contribution < -0.4 is 4.90 Å². The number of aliphatic carboxylic acids is 1. The summed E-state index contributed by atoms with van der Waals surface area (Å²) >= 11 is 5.94. The molecule has 0 aliphatic carbocycles. The highest BCUT2D eigenvalue weighted by molar-refractivity contribution is 6.30. The standard InChI is InChI=1S/C13H13ClN2O2/c14-11-4-3-9(7-15)12(6-11)16-5-1-2-10(8-16)13(17)18/h3-4,6,10H,1-2,5,8H2,(H,17,18). The fourth-order valence-corrected chi connectivity index (χ4v) is 2.42. The Balaban J connectivity index is 2.28. The number of halogens is 1. The SMILES string of the molecule is N#Cc1ccc(Cl)cc1N1CCCC(C(=O)O)C1. The van der Waals surface area contributed by atoms with Gasteiger partial charge in [0.25, 0.3) is 0 Å². The number of rotatable bonds is 2. The maximum atomic E-state index is 11.0. The van der Waals surface area contributed by atoms with Gasteiger partial charge in [0.05, 0.1) is 17.2 Å². The van der Waals surface area contributed by atoms with Gasteiger partial charge < -0.3 is 10.0 Å². The van der Waals surface area contributed by atoms with Crippen molar-refractivity contribution in [2.24, 2.45) is 5.92 Å². The number of carboxylic acid groups (broad SMARTS) is 1. The van der Waals surface area contributed by atoms with E-state index in [1.807, 2.05) is 4.90 Å². The highest BCUT2D eigenvalue weighted by Crippen LogP contribution is 2.28. The number of hydrogen-bond acceptors (Lipinski definition) is 3. The molecule has 1 fully saturated rings. The average Bonchev–Trinajstić information content (AvgIpc) is 2.39. The van der Waals surface area contributed by atoms with Crippen LogP contribution in [-0.4, -0.2) is 24.2 Å². The first kappa shape index (κ1) is 12.7. The van der Waals surface area contributed by atoms with Crippen LogP contribution in [0.15, 0.2) is 18.2 Å². The Kier molecular flexibility index (Phi) is 3.73. The molecule has 1 heterocycles. The molecule has 5 heteroatoms. The molecule has 0 amide bonds. The van der Waals surface area contributed by atoms with Crippen LogP contribution in [-0.2, 0) is 4.79 Å². The molecule has 1 saturated heterocycles. The molecule has 1 N–H and O–H groups in total. The number of piperidine rings is 1. The third-order valence-electron chi connectivity index (χ3n) is 3.19. The molecular weight excluding hydrogens is 252 g/mol. The van der Waals surface area contributed by atoms with Gasteiger partial charge >= 0.3 is 5.97 Å². The van der Waals surface area contributed by atoms with Crippen LogP contribution in [0.4, 0.5) is 5.69 Å². The normalized spacial score (nSPS) is 19.3. The van der Waals surface area contributed by atoms with Crippen molar-refractivity contribution < 1.29 is 9.90 Å². The van der Waals surface area contributed by atoms with Crippen LogP contribution in [0.5, 0.6) is 0 Å². The quantitative estimate of drug-likeness (QED) is 0.891. The topological polar surface area (TPSA) is 64.3 Å². The lowest BCUT2D eigenvalue weighted by Gasteiger charge is -2.33. The second-order valence-corrected chi connectivity index (χ2v) is 4.83. The summed E-state index contributed by atoms with van der Waals surface area (Å²) < 4.78 is 0. The largest absolute Gasteiger partial charge is 0.481 e. The summed E-state index contributed by atoms with van der Waals surface area (Å²) in [6.45, 7) is 1.20. The Morgan fingerprint density at radius 1 is 1.56 bits per heavy atom. The van der Waals surface area contributed by atoms with Crippen LogP contribution in [0.2, 0.25) is 5.02 Å². The number of carbonyl (C=O) groups is 1. The van der Waals surface area contributed by atoms with Crippen LogP contribution in [0.3, 0.4) is 0 Å². The molecule has 18 heavy (non-hydrogen) atoms. The molecular formula is C13H13ClN2O2. The molecule has 94 valence electrons. The molecule has 0 bridgehead atoms. The lowest BCUT2D eigenvalue weighted by molar-refractivity contribution is -0.141. The third kappa shape index (κ3) is 2.57.